The molecule has 0 amide bonds. The van der Waals surface area contributed by atoms with Gasteiger partial charge >= 0.3 is 5.97 Å². The summed E-state index contributed by atoms with van der Waals surface area (Å²) in [6, 6.07) is 0. The second kappa shape index (κ2) is 8.04. The molecular weight excluding hydrogens is 216 g/mol. The van der Waals surface area contributed by atoms with Crippen LogP contribution in [0, 0.1) is 11.8 Å². The van der Waals surface area contributed by atoms with Crippen molar-refractivity contribution in [2.45, 2.75) is 46.5 Å². The highest BCUT2D eigenvalue weighted by Crippen LogP contribution is 2.34. The Morgan fingerprint density at radius 2 is 2.18 bits per heavy atom. The van der Waals surface area contributed by atoms with Crippen molar-refractivity contribution >= 4 is 11.8 Å². The molecule has 3 nitrogen and oxygen atoms in total. The van der Waals surface area contributed by atoms with E-state index in [1.54, 1.807) is 0 Å². The van der Waals surface area contributed by atoms with Crippen LogP contribution in [0.4, 0.5) is 0 Å². The van der Waals surface area contributed by atoms with E-state index in [0.717, 1.165) is 19.3 Å². The maximum atomic E-state index is 11.7. The summed E-state index contributed by atoms with van der Waals surface area (Å²) in [7, 11) is 1.39. The van der Waals surface area contributed by atoms with Crippen LogP contribution in [0.2, 0.25) is 0 Å². The Labute approximate surface area is 104 Å². The van der Waals surface area contributed by atoms with Crippen molar-refractivity contribution in [2.24, 2.45) is 11.8 Å². The molecule has 2 atom stereocenters. The summed E-state index contributed by atoms with van der Waals surface area (Å²) >= 11 is 0. The fourth-order valence-corrected chi connectivity index (χ4v) is 2.25. The largest absolute Gasteiger partial charge is 0.469 e. The molecule has 0 aromatic carbocycles. The molecule has 17 heavy (non-hydrogen) atoms. The maximum absolute atomic E-state index is 11.7. The number of hydrogen-bond acceptors (Lipinski definition) is 3. The standard InChI is InChI=1S/C13H20O3.CH4/c1-3-4-5-6-11-10(7-8-12(11)14)9-13(15)16-2;/h4-5,10-11H,3,6-9H2,1-2H3;1H4/b5-4+;/t10-,11-;/m0./s1. The molecule has 98 valence electrons. The zero-order valence-electron chi connectivity index (χ0n) is 10.1. The number of ketones is 1. The molecule has 1 fully saturated rings. The minimum absolute atomic E-state index is 0. The van der Waals surface area contributed by atoms with Gasteiger partial charge in [0.05, 0.1) is 7.11 Å². The summed E-state index contributed by atoms with van der Waals surface area (Å²) in [5.41, 5.74) is 0. The highest BCUT2D eigenvalue weighted by atomic mass is 16.5. The summed E-state index contributed by atoms with van der Waals surface area (Å²) in [6.07, 6.45) is 7.72. The Bertz CT molecular complexity index is 281. The molecular formula is C14H24O3. The Hall–Kier alpha value is -1.12. The van der Waals surface area contributed by atoms with Gasteiger partial charge in [0.15, 0.2) is 0 Å². The lowest BCUT2D eigenvalue weighted by Crippen LogP contribution is -2.18. The molecule has 3 heteroatoms. The van der Waals surface area contributed by atoms with Gasteiger partial charge < -0.3 is 4.74 Å². The molecule has 1 aliphatic carbocycles. The summed E-state index contributed by atoms with van der Waals surface area (Å²) in [5, 5.41) is 0. The van der Waals surface area contributed by atoms with E-state index < -0.39 is 0 Å². The Balaban J connectivity index is 0.00000256. The van der Waals surface area contributed by atoms with Crippen LogP contribution in [-0.2, 0) is 14.3 Å². The predicted molar refractivity (Wildman–Crippen MR) is 68.6 cm³/mol. The quantitative estimate of drug-likeness (QED) is 0.547. The third-order valence-corrected chi connectivity index (χ3v) is 3.19. The molecule has 1 saturated carbocycles. The van der Waals surface area contributed by atoms with Crippen LogP contribution >= 0.6 is 0 Å². The summed E-state index contributed by atoms with van der Waals surface area (Å²) in [4.78, 5) is 22.9. The van der Waals surface area contributed by atoms with E-state index >= 15 is 0 Å². The third kappa shape index (κ3) is 4.72. The highest BCUT2D eigenvalue weighted by Gasteiger charge is 2.34. The molecule has 0 N–H and O–H groups in total. The Morgan fingerprint density at radius 3 is 2.76 bits per heavy atom. The van der Waals surface area contributed by atoms with Crippen molar-refractivity contribution in [3.63, 3.8) is 0 Å². The molecule has 0 spiro atoms. The van der Waals surface area contributed by atoms with Crippen LogP contribution < -0.4 is 0 Å². The minimum Gasteiger partial charge on any atom is -0.469 e. The van der Waals surface area contributed by atoms with Crippen LogP contribution in [0.5, 0.6) is 0 Å². The Morgan fingerprint density at radius 1 is 1.47 bits per heavy atom. The smallest absolute Gasteiger partial charge is 0.305 e. The average molecular weight is 240 g/mol. The van der Waals surface area contributed by atoms with Crippen LogP contribution in [0.1, 0.15) is 46.5 Å². The van der Waals surface area contributed by atoms with Gasteiger partial charge in [0.25, 0.3) is 0 Å². The number of methoxy groups -OCH3 is 1. The number of esters is 1. The van der Waals surface area contributed by atoms with Crippen molar-refractivity contribution in [3.8, 4) is 0 Å². The molecule has 0 heterocycles. The zero-order valence-corrected chi connectivity index (χ0v) is 10.1. The van der Waals surface area contributed by atoms with Crippen molar-refractivity contribution in [3.05, 3.63) is 12.2 Å². The Kier molecular flexibility index (Phi) is 7.51. The number of Topliss-reactive ketones (excluding diaryl/α,β-unsaturated/α-hetero) is 1. The second-order valence-electron chi connectivity index (χ2n) is 4.27. The first-order chi connectivity index (χ1) is 7.69. The lowest BCUT2D eigenvalue weighted by Gasteiger charge is -2.15. The number of carbonyl (C=O) groups excluding carboxylic acids is 2. The summed E-state index contributed by atoms with van der Waals surface area (Å²) in [5.74, 6) is 0.308. The van der Waals surface area contributed by atoms with E-state index in [1.165, 1.54) is 7.11 Å². The van der Waals surface area contributed by atoms with Crippen LogP contribution in [-0.4, -0.2) is 18.9 Å². The number of hydrogen-bond donors (Lipinski definition) is 0. The van der Waals surface area contributed by atoms with Gasteiger partial charge in [-0.3, -0.25) is 9.59 Å². The fraction of sp³-hybridized carbons (Fsp3) is 0.714. The van der Waals surface area contributed by atoms with Crippen molar-refractivity contribution in [1.82, 2.24) is 0 Å². The second-order valence-corrected chi connectivity index (χ2v) is 4.27. The van der Waals surface area contributed by atoms with Gasteiger partial charge in [0.1, 0.15) is 5.78 Å². The van der Waals surface area contributed by atoms with Crippen molar-refractivity contribution in [1.29, 1.82) is 0 Å². The number of rotatable bonds is 5. The number of allylic oxidation sites excluding steroid dienone is 2. The lowest BCUT2D eigenvalue weighted by molar-refractivity contribution is -0.142. The molecule has 0 bridgehead atoms. The minimum atomic E-state index is -0.204. The molecule has 0 aromatic heterocycles. The number of ether oxygens (including phenoxy) is 1. The molecule has 0 saturated heterocycles. The van der Waals surface area contributed by atoms with Gasteiger partial charge in [-0.2, -0.15) is 0 Å². The van der Waals surface area contributed by atoms with E-state index in [9.17, 15) is 9.59 Å². The molecule has 1 rings (SSSR count). The van der Waals surface area contributed by atoms with E-state index in [1.807, 2.05) is 0 Å². The van der Waals surface area contributed by atoms with Crippen LogP contribution in [0.15, 0.2) is 12.2 Å². The fourth-order valence-electron chi connectivity index (χ4n) is 2.25. The molecule has 0 aliphatic heterocycles. The monoisotopic (exact) mass is 240 g/mol. The first kappa shape index (κ1) is 15.9. The SMILES string of the molecule is C.CC/C=C/C[C@@H]1C(=O)CC[C@H]1CC(=O)OC. The third-order valence-electron chi connectivity index (χ3n) is 3.19. The normalized spacial score (nSPS) is 23.8. The number of carbonyl (C=O) groups is 2. The summed E-state index contributed by atoms with van der Waals surface area (Å²) in [6.45, 7) is 2.07. The first-order valence-corrected chi connectivity index (χ1v) is 5.93. The van der Waals surface area contributed by atoms with E-state index in [4.69, 9.17) is 0 Å². The molecule has 0 unspecified atom stereocenters. The zero-order chi connectivity index (χ0) is 12.0. The summed E-state index contributed by atoms with van der Waals surface area (Å²) < 4.78 is 4.65. The lowest BCUT2D eigenvalue weighted by atomic mass is 9.89. The maximum Gasteiger partial charge on any atom is 0.305 e. The van der Waals surface area contributed by atoms with E-state index in [2.05, 4.69) is 23.8 Å². The topological polar surface area (TPSA) is 43.4 Å². The van der Waals surface area contributed by atoms with Gasteiger partial charge in [-0.1, -0.05) is 26.5 Å². The van der Waals surface area contributed by atoms with E-state index in [-0.39, 0.29) is 25.2 Å². The molecule has 0 aromatic rings. The molecule has 0 radical (unpaired) electrons. The van der Waals surface area contributed by atoms with Gasteiger partial charge in [-0.15, -0.1) is 0 Å². The van der Waals surface area contributed by atoms with Gasteiger partial charge in [-0.25, -0.2) is 0 Å². The van der Waals surface area contributed by atoms with Crippen LogP contribution in [0.3, 0.4) is 0 Å². The van der Waals surface area contributed by atoms with Crippen molar-refractivity contribution in [2.75, 3.05) is 7.11 Å². The highest BCUT2D eigenvalue weighted by molar-refractivity contribution is 5.84. The van der Waals surface area contributed by atoms with Gasteiger partial charge in [0.2, 0.25) is 0 Å². The van der Waals surface area contributed by atoms with Gasteiger partial charge in [-0.05, 0) is 25.2 Å². The van der Waals surface area contributed by atoms with Gasteiger partial charge in [0, 0.05) is 18.8 Å². The average Bonchev–Trinajstić information content (AvgIpc) is 2.61. The van der Waals surface area contributed by atoms with Crippen LogP contribution in [0.25, 0.3) is 0 Å². The predicted octanol–water partition coefficient (Wildman–Crippen LogP) is 3.14. The molecule has 1 aliphatic rings. The van der Waals surface area contributed by atoms with Crippen molar-refractivity contribution < 1.29 is 14.3 Å². The van der Waals surface area contributed by atoms with E-state index in [0.29, 0.717) is 18.6 Å². The first-order valence-electron chi connectivity index (χ1n) is 5.93.